The van der Waals surface area contributed by atoms with E-state index in [0.717, 1.165) is 6.07 Å². The van der Waals surface area contributed by atoms with Gasteiger partial charge in [-0.1, -0.05) is 6.92 Å². The first kappa shape index (κ1) is 20.7. The van der Waals surface area contributed by atoms with E-state index in [1.54, 1.807) is 42.3 Å². The van der Waals surface area contributed by atoms with Crippen molar-refractivity contribution in [2.24, 2.45) is 7.05 Å². The van der Waals surface area contributed by atoms with Crippen molar-refractivity contribution in [1.82, 2.24) is 29.9 Å². The molecule has 11 heteroatoms. The van der Waals surface area contributed by atoms with Gasteiger partial charge in [-0.05, 0) is 18.6 Å². The van der Waals surface area contributed by atoms with Crippen molar-refractivity contribution >= 4 is 23.2 Å². The molecule has 3 aromatic heterocycles. The van der Waals surface area contributed by atoms with E-state index in [9.17, 15) is 13.6 Å². The highest BCUT2D eigenvalue weighted by Gasteiger charge is 2.39. The molecule has 0 fully saturated rings. The van der Waals surface area contributed by atoms with Gasteiger partial charge < -0.3 is 4.90 Å². The van der Waals surface area contributed by atoms with E-state index in [0.29, 0.717) is 29.3 Å². The van der Waals surface area contributed by atoms with Crippen LogP contribution in [0.25, 0.3) is 22.6 Å². The van der Waals surface area contributed by atoms with E-state index >= 15 is 0 Å². The lowest BCUT2D eigenvalue weighted by Gasteiger charge is -2.39. The molecule has 168 valence electrons. The minimum Gasteiger partial charge on any atom is -0.309 e. The molecule has 0 radical (unpaired) electrons. The van der Waals surface area contributed by atoms with E-state index < -0.39 is 17.7 Å². The molecule has 33 heavy (non-hydrogen) atoms. The molecule has 1 unspecified atom stereocenters. The number of anilines is 3. The summed E-state index contributed by atoms with van der Waals surface area (Å²) < 4.78 is 29.5. The average molecular weight is 450 g/mol. The second kappa shape index (κ2) is 7.76. The molecule has 1 amide bonds. The number of aromatic amines is 1. The fourth-order valence-corrected chi connectivity index (χ4v) is 4.01. The summed E-state index contributed by atoms with van der Waals surface area (Å²) in [5.41, 5.74) is 1.34. The minimum absolute atomic E-state index is 0.0932. The molecule has 4 aromatic rings. The first-order valence-corrected chi connectivity index (χ1v) is 10.3. The number of H-pyrrole nitrogens is 1. The number of hydrogen-bond donors (Lipinski definition) is 1. The van der Waals surface area contributed by atoms with E-state index in [-0.39, 0.29) is 23.0 Å². The highest BCUT2D eigenvalue weighted by Crippen LogP contribution is 2.40. The Morgan fingerprint density at radius 1 is 1.15 bits per heavy atom. The number of likely N-dealkylation sites (N-methyl/N-ethyl adjacent to an activating group) is 1. The van der Waals surface area contributed by atoms with Crippen molar-refractivity contribution in [3.8, 4) is 22.6 Å². The molecule has 1 aliphatic rings. The molecule has 5 rings (SSSR count). The van der Waals surface area contributed by atoms with Crippen LogP contribution in [0.15, 0.2) is 42.9 Å². The van der Waals surface area contributed by atoms with Crippen molar-refractivity contribution in [1.29, 1.82) is 0 Å². The summed E-state index contributed by atoms with van der Waals surface area (Å²) in [6.07, 6.45) is 5.43. The number of nitrogens with zero attached hydrogens (tertiary/aromatic N) is 7. The molecular formula is C22H20F2N8O. The number of halogens is 2. The Morgan fingerprint density at radius 3 is 2.67 bits per heavy atom. The SMILES string of the molecule is CCC1C(=O)N(C)c2cnc(-c3c[nH]nc3-c3ccc(F)cc3F)nc2N1c1ccn(C)n1. The van der Waals surface area contributed by atoms with Crippen LogP contribution in [0.1, 0.15) is 13.3 Å². The van der Waals surface area contributed by atoms with Crippen LogP contribution < -0.4 is 9.80 Å². The standard InChI is InChI=1S/C22H20F2N8O/c1-4-16-22(33)31(3)17-11-25-20(27-21(17)32(16)18-7-8-30(2)29-18)14-10-26-28-19(14)13-6-5-12(23)9-15(13)24/h5-11,16H,4H2,1-3H3,(H,26,28). The Kier molecular flexibility index (Phi) is 4.88. The van der Waals surface area contributed by atoms with Crippen LogP contribution in [0.5, 0.6) is 0 Å². The zero-order valence-electron chi connectivity index (χ0n) is 18.1. The number of nitrogens with one attached hydrogen (secondary N) is 1. The van der Waals surface area contributed by atoms with Gasteiger partial charge in [-0.3, -0.25) is 19.5 Å². The molecule has 1 aromatic carbocycles. The lowest BCUT2D eigenvalue weighted by atomic mass is 10.1. The molecule has 0 spiro atoms. The van der Waals surface area contributed by atoms with Crippen LogP contribution in [-0.4, -0.2) is 48.9 Å². The number of benzene rings is 1. The van der Waals surface area contributed by atoms with Gasteiger partial charge >= 0.3 is 0 Å². The molecule has 1 atom stereocenters. The fraction of sp³-hybridized carbons (Fsp3) is 0.227. The first-order valence-electron chi connectivity index (χ1n) is 10.3. The van der Waals surface area contributed by atoms with Crippen molar-refractivity contribution < 1.29 is 13.6 Å². The molecule has 1 N–H and O–H groups in total. The second-order valence-corrected chi connectivity index (χ2v) is 7.71. The van der Waals surface area contributed by atoms with Gasteiger partial charge in [-0.25, -0.2) is 18.7 Å². The van der Waals surface area contributed by atoms with Crippen molar-refractivity contribution in [2.75, 3.05) is 16.8 Å². The largest absolute Gasteiger partial charge is 0.309 e. The summed E-state index contributed by atoms with van der Waals surface area (Å²) in [4.78, 5) is 25.5. The maximum atomic E-state index is 14.5. The van der Waals surface area contributed by atoms with E-state index in [1.165, 1.54) is 17.0 Å². The van der Waals surface area contributed by atoms with E-state index in [2.05, 4.69) is 20.3 Å². The maximum absolute atomic E-state index is 14.5. The molecule has 0 aliphatic carbocycles. The van der Waals surface area contributed by atoms with Gasteiger partial charge in [-0.15, -0.1) is 0 Å². The quantitative estimate of drug-likeness (QED) is 0.512. The number of aromatic nitrogens is 6. The maximum Gasteiger partial charge on any atom is 0.250 e. The average Bonchev–Trinajstić information content (AvgIpc) is 3.45. The summed E-state index contributed by atoms with van der Waals surface area (Å²) in [6, 6.07) is 4.60. The summed E-state index contributed by atoms with van der Waals surface area (Å²) in [5, 5.41) is 11.3. The monoisotopic (exact) mass is 450 g/mol. The summed E-state index contributed by atoms with van der Waals surface area (Å²) in [5.74, 6) is -0.160. The van der Waals surface area contributed by atoms with Crippen LogP contribution in [0.4, 0.5) is 26.1 Å². The number of aryl methyl sites for hydroxylation is 1. The lowest BCUT2D eigenvalue weighted by Crippen LogP contribution is -2.50. The highest BCUT2D eigenvalue weighted by molar-refractivity contribution is 6.06. The predicted molar refractivity (Wildman–Crippen MR) is 118 cm³/mol. The van der Waals surface area contributed by atoms with Crippen molar-refractivity contribution in [3.05, 3.63) is 54.5 Å². The zero-order valence-corrected chi connectivity index (χ0v) is 18.1. The van der Waals surface area contributed by atoms with Crippen LogP contribution >= 0.6 is 0 Å². The van der Waals surface area contributed by atoms with E-state index in [1.807, 2.05) is 13.0 Å². The smallest absolute Gasteiger partial charge is 0.250 e. The first-order chi connectivity index (χ1) is 15.9. The number of carbonyl (C=O) groups is 1. The molecule has 1 aliphatic heterocycles. The Bertz CT molecular complexity index is 1360. The number of carbonyl (C=O) groups excluding carboxylic acids is 1. The van der Waals surface area contributed by atoms with Gasteiger partial charge in [0.1, 0.15) is 29.1 Å². The Labute approximate surface area is 187 Å². The van der Waals surface area contributed by atoms with Gasteiger partial charge in [0.2, 0.25) is 5.91 Å². The summed E-state index contributed by atoms with van der Waals surface area (Å²) in [7, 11) is 3.48. The zero-order chi connectivity index (χ0) is 23.3. The third kappa shape index (κ3) is 3.32. The molecule has 9 nitrogen and oxygen atoms in total. The van der Waals surface area contributed by atoms with E-state index in [4.69, 9.17) is 4.98 Å². The molecule has 0 saturated heterocycles. The normalized spacial score (nSPS) is 15.8. The fourth-order valence-electron chi connectivity index (χ4n) is 4.01. The Hall–Kier alpha value is -4.15. The molecular weight excluding hydrogens is 430 g/mol. The van der Waals surface area contributed by atoms with Gasteiger partial charge in [0, 0.05) is 44.2 Å². The number of hydrogen-bond acceptors (Lipinski definition) is 6. The summed E-state index contributed by atoms with van der Waals surface area (Å²) in [6.45, 7) is 1.92. The lowest BCUT2D eigenvalue weighted by molar-refractivity contribution is -0.119. The topological polar surface area (TPSA) is 95.8 Å². The highest BCUT2D eigenvalue weighted by atomic mass is 19.1. The van der Waals surface area contributed by atoms with Gasteiger partial charge in [0.25, 0.3) is 0 Å². The Morgan fingerprint density at radius 2 is 1.97 bits per heavy atom. The third-order valence-corrected chi connectivity index (χ3v) is 5.67. The number of fused-ring (bicyclic) bond motifs is 1. The van der Waals surface area contributed by atoms with Gasteiger partial charge in [-0.2, -0.15) is 10.2 Å². The van der Waals surface area contributed by atoms with Crippen molar-refractivity contribution in [2.45, 2.75) is 19.4 Å². The Balaban J connectivity index is 1.67. The predicted octanol–water partition coefficient (Wildman–Crippen LogP) is 3.44. The third-order valence-electron chi connectivity index (χ3n) is 5.67. The van der Waals surface area contributed by atoms with Crippen LogP contribution in [-0.2, 0) is 11.8 Å². The van der Waals surface area contributed by atoms with Gasteiger partial charge in [0.05, 0.1) is 11.8 Å². The summed E-state index contributed by atoms with van der Waals surface area (Å²) >= 11 is 0. The van der Waals surface area contributed by atoms with Crippen molar-refractivity contribution in [3.63, 3.8) is 0 Å². The minimum atomic E-state index is -0.743. The molecule has 0 saturated carbocycles. The molecule has 0 bridgehead atoms. The number of amides is 1. The van der Waals surface area contributed by atoms with Gasteiger partial charge in [0.15, 0.2) is 17.5 Å². The molecule has 4 heterocycles. The second-order valence-electron chi connectivity index (χ2n) is 7.71. The number of rotatable bonds is 4. The van der Waals surface area contributed by atoms with Crippen LogP contribution in [0.3, 0.4) is 0 Å². The van der Waals surface area contributed by atoms with Crippen LogP contribution in [0.2, 0.25) is 0 Å². The van der Waals surface area contributed by atoms with Crippen LogP contribution in [0, 0.1) is 11.6 Å².